The molecule has 0 fully saturated rings. The number of rotatable bonds is 8. The van der Waals surface area contributed by atoms with Crippen LogP contribution in [0.5, 0.6) is 0 Å². The molecule has 0 heterocycles. The Balaban J connectivity index is 2.90. The first-order valence-electron chi connectivity index (χ1n) is 9.02. The van der Waals surface area contributed by atoms with Crippen molar-refractivity contribution in [3.63, 3.8) is 0 Å². The van der Waals surface area contributed by atoms with Crippen molar-refractivity contribution < 1.29 is 0 Å². The molecule has 0 aliphatic rings. The highest BCUT2D eigenvalue weighted by Crippen LogP contribution is 2.48. The summed E-state index contributed by atoms with van der Waals surface area (Å²) in [5.41, 5.74) is 23.4. The van der Waals surface area contributed by atoms with E-state index in [0.29, 0.717) is 22.0 Å². The summed E-state index contributed by atoms with van der Waals surface area (Å²) in [7, 11) is 0. The summed E-state index contributed by atoms with van der Waals surface area (Å²) in [5.74, 6) is -0.651. The van der Waals surface area contributed by atoms with Crippen LogP contribution >= 0.6 is 23.2 Å². The second-order valence-corrected chi connectivity index (χ2v) is 7.31. The van der Waals surface area contributed by atoms with E-state index in [1.807, 2.05) is 42.5 Å². The van der Waals surface area contributed by atoms with Gasteiger partial charge in [0.1, 0.15) is 0 Å². The maximum Gasteiger partial charge on any atom is 0.191 e. The molecule has 0 radical (unpaired) electrons. The van der Waals surface area contributed by atoms with Gasteiger partial charge < -0.3 is 22.9 Å². The van der Waals surface area contributed by atoms with E-state index in [1.54, 1.807) is 6.07 Å². The molecule has 2 aromatic rings. The zero-order chi connectivity index (χ0) is 20.7. The van der Waals surface area contributed by atoms with Gasteiger partial charge in [0.15, 0.2) is 17.6 Å². The third-order valence-corrected chi connectivity index (χ3v) is 5.16. The normalized spacial score (nSPS) is 12.2. The van der Waals surface area contributed by atoms with Crippen molar-refractivity contribution >= 4 is 35.1 Å². The summed E-state index contributed by atoms with van der Waals surface area (Å²) in [6.07, 6.45) is 2.55. The molecule has 0 spiro atoms. The van der Waals surface area contributed by atoms with Crippen molar-refractivity contribution in [2.45, 2.75) is 37.8 Å². The van der Waals surface area contributed by atoms with Crippen molar-refractivity contribution in [3.8, 4) is 0 Å². The van der Waals surface area contributed by atoms with Crippen LogP contribution in [0.1, 0.15) is 43.2 Å². The molecular formula is C20H26Cl2N6. The van der Waals surface area contributed by atoms with E-state index in [1.165, 1.54) is 0 Å². The quantitative estimate of drug-likeness (QED) is 0.383. The van der Waals surface area contributed by atoms with E-state index in [4.69, 9.17) is 46.1 Å². The van der Waals surface area contributed by atoms with Crippen LogP contribution in [0.2, 0.25) is 10.0 Å². The van der Waals surface area contributed by atoms with Crippen molar-refractivity contribution in [2.75, 3.05) is 0 Å². The van der Waals surface area contributed by atoms with Gasteiger partial charge in [-0.1, -0.05) is 79.4 Å². The molecule has 0 saturated heterocycles. The van der Waals surface area contributed by atoms with Crippen LogP contribution in [-0.4, -0.2) is 11.9 Å². The number of unbranched alkanes of at least 4 members (excludes halogenated alkanes) is 1. The molecule has 0 bridgehead atoms. The molecule has 0 aliphatic heterocycles. The molecule has 0 aromatic heterocycles. The molecule has 2 rings (SSSR count). The first-order chi connectivity index (χ1) is 13.3. The van der Waals surface area contributed by atoms with Crippen LogP contribution in [0.4, 0.5) is 0 Å². The fourth-order valence-electron chi connectivity index (χ4n) is 3.38. The number of nitrogens with zero attached hydrogens (tertiary/aromatic N) is 2. The maximum atomic E-state index is 6.55. The van der Waals surface area contributed by atoms with E-state index in [2.05, 4.69) is 16.9 Å². The van der Waals surface area contributed by atoms with Gasteiger partial charge in [-0.15, -0.1) is 0 Å². The molecule has 2 aromatic carbocycles. The highest BCUT2D eigenvalue weighted by Gasteiger charge is 2.43. The number of benzene rings is 2. The molecule has 1 atom stereocenters. The van der Waals surface area contributed by atoms with Crippen molar-refractivity contribution in [3.05, 3.63) is 69.7 Å². The number of aliphatic imine (C=N–C) groups is 2. The Kier molecular flexibility index (Phi) is 7.54. The van der Waals surface area contributed by atoms with Crippen molar-refractivity contribution in [2.24, 2.45) is 32.9 Å². The summed E-state index contributed by atoms with van der Waals surface area (Å²) in [5, 5.41) is 1.03. The van der Waals surface area contributed by atoms with E-state index in [9.17, 15) is 0 Å². The average molecular weight is 421 g/mol. The SMILES string of the molecule is CCCCC(c1ccccc1Cl)C(N=C(N)N)(N=C(N)N)c1ccccc1Cl. The van der Waals surface area contributed by atoms with Crippen LogP contribution in [0.15, 0.2) is 58.5 Å². The molecule has 28 heavy (non-hydrogen) atoms. The highest BCUT2D eigenvalue weighted by atomic mass is 35.5. The summed E-state index contributed by atoms with van der Waals surface area (Å²) >= 11 is 13.1. The van der Waals surface area contributed by atoms with Gasteiger partial charge in [-0.25, -0.2) is 9.98 Å². The van der Waals surface area contributed by atoms with E-state index >= 15 is 0 Å². The second-order valence-electron chi connectivity index (χ2n) is 6.50. The Morgan fingerprint density at radius 1 is 0.893 bits per heavy atom. The minimum atomic E-state index is -1.35. The molecule has 8 N–H and O–H groups in total. The third-order valence-electron chi connectivity index (χ3n) is 4.48. The van der Waals surface area contributed by atoms with Gasteiger partial charge in [-0.05, 0) is 24.1 Å². The van der Waals surface area contributed by atoms with Crippen LogP contribution in [-0.2, 0) is 5.66 Å². The summed E-state index contributed by atoms with van der Waals surface area (Å²) < 4.78 is 0. The zero-order valence-corrected chi connectivity index (χ0v) is 17.3. The van der Waals surface area contributed by atoms with Gasteiger partial charge in [0.25, 0.3) is 0 Å². The highest BCUT2D eigenvalue weighted by molar-refractivity contribution is 6.32. The lowest BCUT2D eigenvalue weighted by Crippen LogP contribution is -2.39. The molecular weight excluding hydrogens is 395 g/mol. The lowest BCUT2D eigenvalue weighted by molar-refractivity contribution is 0.347. The summed E-state index contributed by atoms with van der Waals surface area (Å²) in [6.45, 7) is 2.10. The first-order valence-corrected chi connectivity index (χ1v) is 9.78. The second kappa shape index (κ2) is 9.66. The van der Waals surface area contributed by atoms with E-state index in [0.717, 1.165) is 18.4 Å². The van der Waals surface area contributed by atoms with Gasteiger partial charge in [-0.3, -0.25) is 0 Å². The van der Waals surface area contributed by atoms with Crippen LogP contribution in [0.25, 0.3) is 0 Å². The van der Waals surface area contributed by atoms with Crippen LogP contribution in [0, 0.1) is 0 Å². The molecule has 1 unspecified atom stereocenters. The van der Waals surface area contributed by atoms with Gasteiger partial charge in [0.2, 0.25) is 0 Å². The fourth-order valence-corrected chi connectivity index (χ4v) is 3.92. The van der Waals surface area contributed by atoms with Crippen molar-refractivity contribution in [1.82, 2.24) is 0 Å². The average Bonchev–Trinajstić information content (AvgIpc) is 2.62. The Morgan fingerprint density at radius 3 is 1.93 bits per heavy atom. The van der Waals surface area contributed by atoms with Gasteiger partial charge in [-0.2, -0.15) is 0 Å². The first kappa shape index (κ1) is 21.9. The smallest absolute Gasteiger partial charge is 0.191 e. The number of nitrogens with two attached hydrogens (primary N) is 4. The van der Waals surface area contributed by atoms with Gasteiger partial charge >= 0.3 is 0 Å². The predicted molar refractivity (Wildman–Crippen MR) is 118 cm³/mol. The van der Waals surface area contributed by atoms with E-state index in [-0.39, 0.29) is 17.8 Å². The Hall–Kier alpha value is -2.44. The summed E-state index contributed by atoms with van der Waals surface area (Å²) in [6, 6.07) is 14.7. The standard InChI is InChI=1S/C20H26Cl2N6/c1-2-3-9-14(13-8-4-6-11-16(13)21)20(27-18(23)24,28-19(25)26)15-10-5-7-12-17(15)22/h4-8,10-12,14H,2-3,9H2,1H3,(H4,23,24,27)(H4,25,26,28). The van der Waals surface area contributed by atoms with Gasteiger partial charge in [0, 0.05) is 21.5 Å². The summed E-state index contributed by atoms with van der Waals surface area (Å²) in [4.78, 5) is 9.06. The van der Waals surface area contributed by atoms with Crippen molar-refractivity contribution in [1.29, 1.82) is 0 Å². The number of hydrogen-bond donors (Lipinski definition) is 4. The maximum absolute atomic E-state index is 6.55. The number of hydrogen-bond acceptors (Lipinski definition) is 2. The molecule has 8 heteroatoms. The van der Waals surface area contributed by atoms with Crippen LogP contribution in [0.3, 0.4) is 0 Å². The topological polar surface area (TPSA) is 129 Å². The molecule has 0 aliphatic carbocycles. The molecule has 150 valence electrons. The minimum absolute atomic E-state index is 0.154. The minimum Gasteiger partial charge on any atom is -0.370 e. The lowest BCUT2D eigenvalue weighted by Gasteiger charge is -2.36. The number of halogens is 2. The Bertz CT molecular complexity index is 839. The zero-order valence-electron chi connectivity index (χ0n) is 15.8. The van der Waals surface area contributed by atoms with Gasteiger partial charge in [0.05, 0.1) is 0 Å². The van der Waals surface area contributed by atoms with E-state index < -0.39 is 5.66 Å². The Morgan fingerprint density at radius 2 is 1.43 bits per heavy atom. The largest absolute Gasteiger partial charge is 0.370 e. The third kappa shape index (κ3) is 4.88. The monoisotopic (exact) mass is 420 g/mol. The molecule has 6 nitrogen and oxygen atoms in total. The molecule has 0 amide bonds. The lowest BCUT2D eigenvalue weighted by atomic mass is 9.78. The fraction of sp³-hybridized carbons (Fsp3) is 0.300. The Labute approximate surface area is 175 Å². The molecule has 0 saturated carbocycles. The predicted octanol–water partition coefficient (Wildman–Crippen LogP) is 3.67. The number of guanidine groups is 2. The van der Waals surface area contributed by atoms with Crippen LogP contribution < -0.4 is 22.9 Å².